The van der Waals surface area contributed by atoms with Gasteiger partial charge in [0.2, 0.25) is 4.77 Å². The van der Waals surface area contributed by atoms with Crippen LogP contribution in [0.2, 0.25) is 0 Å². The Labute approximate surface area is 158 Å². The maximum atomic E-state index is 5.60. The van der Waals surface area contributed by atoms with E-state index in [1.807, 2.05) is 45.6 Å². The molecule has 1 unspecified atom stereocenters. The van der Waals surface area contributed by atoms with Gasteiger partial charge < -0.3 is 14.4 Å². The van der Waals surface area contributed by atoms with Crippen LogP contribution >= 0.6 is 12.2 Å². The number of benzene rings is 2. The fourth-order valence-corrected chi connectivity index (χ4v) is 3.05. The minimum atomic E-state index is 0.660. The third-order valence-electron chi connectivity index (χ3n) is 4.15. The Kier molecular flexibility index (Phi) is 5.70. The van der Waals surface area contributed by atoms with Gasteiger partial charge in [-0.25, -0.2) is 0 Å². The second kappa shape index (κ2) is 8.16. The van der Waals surface area contributed by atoms with Crippen LogP contribution in [0, 0.1) is 4.77 Å². The Hall–Kier alpha value is -2.64. The Morgan fingerprint density at radius 2 is 1.77 bits per heavy atom. The lowest BCUT2D eigenvalue weighted by Gasteiger charge is -2.14. The molecule has 0 saturated carbocycles. The SMILES string of the molecule is COc1ccc(C[NH+](C)Cn2ncn(-c3cccc(OC)c3)c2=S)cc1. The molecule has 1 atom stereocenters. The zero-order valence-electron chi connectivity index (χ0n) is 15.2. The van der Waals surface area contributed by atoms with Gasteiger partial charge in [-0.05, 0) is 48.6 Å². The van der Waals surface area contributed by atoms with Gasteiger partial charge in [-0.3, -0.25) is 4.57 Å². The summed E-state index contributed by atoms with van der Waals surface area (Å²) in [4.78, 5) is 1.28. The van der Waals surface area contributed by atoms with Crippen molar-refractivity contribution in [3.8, 4) is 17.2 Å². The lowest BCUT2D eigenvalue weighted by molar-refractivity contribution is -0.917. The summed E-state index contributed by atoms with van der Waals surface area (Å²) in [6.45, 7) is 1.56. The minimum Gasteiger partial charge on any atom is -0.497 e. The molecule has 0 fully saturated rings. The van der Waals surface area contributed by atoms with Crippen molar-refractivity contribution < 1.29 is 14.4 Å². The first kappa shape index (κ1) is 18.2. The smallest absolute Gasteiger partial charge is 0.207 e. The maximum Gasteiger partial charge on any atom is 0.207 e. The van der Waals surface area contributed by atoms with Crippen LogP contribution in [0.5, 0.6) is 11.5 Å². The molecule has 2 aromatic carbocycles. The summed E-state index contributed by atoms with van der Waals surface area (Å²) in [5.74, 6) is 1.66. The van der Waals surface area contributed by atoms with Crippen LogP contribution in [0.1, 0.15) is 5.56 Å². The van der Waals surface area contributed by atoms with E-state index in [1.54, 1.807) is 20.5 Å². The molecule has 6 nitrogen and oxygen atoms in total. The van der Waals surface area contributed by atoms with E-state index in [0.717, 1.165) is 23.7 Å². The zero-order valence-corrected chi connectivity index (χ0v) is 16.0. The van der Waals surface area contributed by atoms with E-state index >= 15 is 0 Å². The Morgan fingerprint density at radius 3 is 2.46 bits per heavy atom. The van der Waals surface area contributed by atoms with Crippen molar-refractivity contribution in [2.45, 2.75) is 13.2 Å². The number of hydrogen-bond donors (Lipinski definition) is 1. The minimum absolute atomic E-state index is 0.660. The Morgan fingerprint density at radius 1 is 1.04 bits per heavy atom. The van der Waals surface area contributed by atoms with Gasteiger partial charge in [-0.2, -0.15) is 9.78 Å². The van der Waals surface area contributed by atoms with Crippen molar-refractivity contribution in [1.82, 2.24) is 14.3 Å². The normalized spacial score (nSPS) is 12.0. The van der Waals surface area contributed by atoms with Gasteiger partial charge >= 0.3 is 0 Å². The third kappa shape index (κ3) is 4.12. The fraction of sp³-hybridized carbons (Fsp3) is 0.263. The van der Waals surface area contributed by atoms with E-state index < -0.39 is 0 Å². The molecule has 0 spiro atoms. The molecular formula is C19H23N4O2S+. The summed E-state index contributed by atoms with van der Waals surface area (Å²) >= 11 is 5.60. The van der Waals surface area contributed by atoms with Gasteiger partial charge in [0.15, 0.2) is 6.67 Å². The average molecular weight is 371 g/mol. The molecule has 1 N–H and O–H groups in total. The highest BCUT2D eigenvalue weighted by Crippen LogP contribution is 2.16. The molecule has 0 radical (unpaired) electrons. The number of quaternary nitrogens is 1. The quantitative estimate of drug-likeness (QED) is 0.646. The monoisotopic (exact) mass is 371 g/mol. The first-order valence-corrected chi connectivity index (χ1v) is 8.74. The fourth-order valence-electron chi connectivity index (χ4n) is 2.79. The topological polar surface area (TPSA) is 45.7 Å². The van der Waals surface area contributed by atoms with Crippen LogP contribution in [-0.2, 0) is 13.2 Å². The first-order valence-electron chi connectivity index (χ1n) is 8.34. The molecule has 0 aliphatic rings. The molecule has 3 aromatic rings. The van der Waals surface area contributed by atoms with Crippen molar-refractivity contribution in [3.63, 3.8) is 0 Å². The van der Waals surface area contributed by atoms with Crippen molar-refractivity contribution in [3.05, 3.63) is 65.2 Å². The number of ether oxygens (including phenoxy) is 2. The lowest BCUT2D eigenvalue weighted by atomic mass is 10.2. The molecule has 0 bridgehead atoms. The van der Waals surface area contributed by atoms with Crippen molar-refractivity contribution >= 4 is 12.2 Å². The Balaban J connectivity index is 1.72. The molecule has 0 aliphatic carbocycles. The molecule has 7 heteroatoms. The van der Waals surface area contributed by atoms with Crippen LogP contribution in [0.15, 0.2) is 54.9 Å². The van der Waals surface area contributed by atoms with E-state index in [9.17, 15) is 0 Å². The number of methoxy groups -OCH3 is 2. The molecule has 1 heterocycles. The third-order valence-corrected chi connectivity index (χ3v) is 4.56. The molecule has 0 aliphatic heterocycles. The van der Waals surface area contributed by atoms with E-state index in [1.165, 1.54) is 10.5 Å². The van der Waals surface area contributed by atoms with Crippen molar-refractivity contribution in [2.75, 3.05) is 21.3 Å². The van der Waals surface area contributed by atoms with Crippen molar-refractivity contribution in [2.24, 2.45) is 0 Å². The summed E-state index contributed by atoms with van der Waals surface area (Å²) in [7, 11) is 5.45. The summed E-state index contributed by atoms with van der Waals surface area (Å²) in [5.41, 5.74) is 2.18. The summed E-state index contributed by atoms with van der Waals surface area (Å²) in [6.07, 6.45) is 1.75. The molecule has 0 saturated heterocycles. The molecule has 1 aromatic heterocycles. The van der Waals surface area contributed by atoms with E-state index in [2.05, 4.69) is 24.3 Å². The van der Waals surface area contributed by atoms with Crippen molar-refractivity contribution in [1.29, 1.82) is 0 Å². The first-order chi connectivity index (χ1) is 12.6. The number of rotatable bonds is 7. The van der Waals surface area contributed by atoms with Crippen LogP contribution in [0.25, 0.3) is 5.69 Å². The molecule has 0 amide bonds. The highest BCUT2D eigenvalue weighted by molar-refractivity contribution is 7.71. The van der Waals surface area contributed by atoms with Gasteiger partial charge in [-0.15, -0.1) is 0 Å². The van der Waals surface area contributed by atoms with E-state index in [0.29, 0.717) is 11.4 Å². The standard InChI is InChI=1S/C19H22N4O2S/c1-21(12-15-7-9-17(24-2)10-8-15)14-23-19(26)22(13-20-23)16-5-4-6-18(11-16)25-3/h4-11,13H,12,14H2,1-3H3/p+1. The van der Waals surface area contributed by atoms with Gasteiger partial charge in [0.25, 0.3) is 0 Å². The largest absolute Gasteiger partial charge is 0.497 e. The van der Waals surface area contributed by atoms with Gasteiger partial charge in [-0.1, -0.05) is 6.07 Å². The average Bonchev–Trinajstić information content (AvgIpc) is 3.02. The molecule has 136 valence electrons. The molecule has 26 heavy (non-hydrogen) atoms. The number of nitrogens with zero attached hydrogens (tertiary/aromatic N) is 3. The van der Waals surface area contributed by atoms with Crippen LogP contribution in [-0.4, -0.2) is 35.6 Å². The van der Waals surface area contributed by atoms with Crippen LogP contribution in [0.4, 0.5) is 0 Å². The van der Waals surface area contributed by atoms with Crippen LogP contribution < -0.4 is 14.4 Å². The van der Waals surface area contributed by atoms with Gasteiger partial charge in [0.05, 0.1) is 27.0 Å². The predicted octanol–water partition coefficient (Wildman–Crippen LogP) is 2.09. The summed E-state index contributed by atoms with van der Waals surface area (Å²) in [6, 6.07) is 15.9. The summed E-state index contributed by atoms with van der Waals surface area (Å²) < 4.78 is 14.9. The van der Waals surface area contributed by atoms with Gasteiger partial charge in [0.1, 0.15) is 24.4 Å². The number of nitrogens with one attached hydrogen (secondary N) is 1. The number of aromatic nitrogens is 3. The van der Waals surface area contributed by atoms with Crippen LogP contribution in [0.3, 0.4) is 0 Å². The highest BCUT2D eigenvalue weighted by Gasteiger charge is 2.10. The number of hydrogen-bond acceptors (Lipinski definition) is 4. The zero-order chi connectivity index (χ0) is 18.5. The van der Waals surface area contributed by atoms with Gasteiger partial charge in [0, 0.05) is 11.6 Å². The second-order valence-corrected chi connectivity index (χ2v) is 6.49. The van der Waals surface area contributed by atoms with E-state index in [-0.39, 0.29) is 0 Å². The highest BCUT2D eigenvalue weighted by atomic mass is 32.1. The maximum absolute atomic E-state index is 5.60. The lowest BCUT2D eigenvalue weighted by Crippen LogP contribution is -3.07. The second-order valence-electron chi connectivity index (χ2n) is 6.12. The van der Waals surface area contributed by atoms with E-state index in [4.69, 9.17) is 21.7 Å². The molecular weight excluding hydrogens is 348 g/mol. The Bertz CT molecular complexity index is 918. The summed E-state index contributed by atoms with van der Waals surface area (Å²) in [5, 5.41) is 4.45. The molecule has 3 rings (SSSR count). The predicted molar refractivity (Wildman–Crippen MR) is 103 cm³/mol.